The van der Waals surface area contributed by atoms with Gasteiger partial charge in [-0.1, -0.05) is 35.9 Å². The quantitative estimate of drug-likeness (QED) is 0.157. The fraction of sp³-hybridized carbons (Fsp3) is 0.120. The minimum absolute atomic E-state index is 0.256. The summed E-state index contributed by atoms with van der Waals surface area (Å²) in [5, 5.41) is 10.1. The smallest absolute Gasteiger partial charge is 0.349 e. The number of methoxy groups -OCH3 is 1. The van der Waals surface area contributed by atoms with E-state index in [9.17, 15) is 10.1 Å². The Morgan fingerprint density at radius 1 is 1.06 bits per heavy atom. The van der Waals surface area contributed by atoms with Gasteiger partial charge in [0.2, 0.25) is 0 Å². The van der Waals surface area contributed by atoms with Crippen molar-refractivity contribution in [2.75, 3.05) is 13.7 Å². The van der Waals surface area contributed by atoms with Gasteiger partial charge in [-0.25, -0.2) is 4.79 Å². The van der Waals surface area contributed by atoms with Crippen molar-refractivity contribution >= 4 is 45.1 Å². The molecule has 0 aromatic heterocycles. The lowest BCUT2D eigenvalue weighted by molar-refractivity contribution is -0.136. The highest BCUT2D eigenvalue weighted by atomic mass is 79.9. The SMILES string of the molecule is COc1cc(C=C(C#N)c2ccc(Cl)cc2)ccc1OC(=O)COc1ccc(C)cc1Br. The van der Waals surface area contributed by atoms with Gasteiger partial charge in [0, 0.05) is 5.02 Å². The number of carbonyl (C=O) groups is 1. The number of carbonyl (C=O) groups excluding carboxylic acids is 1. The Morgan fingerprint density at radius 2 is 1.78 bits per heavy atom. The van der Waals surface area contributed by atoms with Gasteiger partial charge in [-0.15, -0.1) is 0 Å². The van der Waals surface area contributed by atoms with E-state index in [1.807, 2.05) is 19.1 Å². The van der Waals surface area contributed by atoms with Gasteiger partial charge in [-0.2, -0.15) is 5.26 Å². The molecule has 0 saturated heterocycles. The van der Waals surface area contributed by atoms with Crippen molar-refractivity contribution in [1.29, 1.82) is 5.26 Å². The van der Waals surface area contributed by atoms with E-state index >= 15 is 0 Å². The molecule has 0 aliphatic heterocycles. The largest absolute Gasteiger partial charge is 0.493 e. The number of aryl methyl sites for hydroxylation is 1. The Balaban J connectivity index is 1.72. The number of ether oxygens (including phenoxy) is 3. The van der Waals surface area contributed by atoms with Crippen LogP contribution in [-0.4, -0.2) is 19.7 Å². The Morgan fingerprint density at radius 3 is 2.44 bits per heavy atom. The first kappa shape index (κ1) is 23.4. The molecule has 3 rings (SSSR count). The third kappa shape index (κ3) is 6.13. The first-order valence-electron chi connectivity index (χ1n) is 9.55. The molecule has 0 atom stereocenters. The normalized spacial score (nSPS) is 10.9. The molecule has 32 heavy (non-hydrogen) atoms. The number of nitriles is 1. The zero-order valence-corrected chi connectivity index (χ0v) is 19.7. The molecule has 5 nitrogen and oxygen atoms in total. The second-order valence-electron chi connectivity index (χ2n) is 6.78. The molecule has 7 heteroatoms. The van der Waals surface area contributed by atoms with Crippen LogP contribution in [0.3, 0.4) is 0 Å². The van der Waals surface area contributed by atoms with Crippen LogP contribution in [0.15, 0.2) is 65.1 Å². The van der Waals surface area contributed by atoms with Crippen LogP contribution in [-0.2, 0) is 4.79 Å². The Kier molecular flexibility index (Phi) is 7.93. The van der Waals surface area contributed by atoms with E-state index in [0.717, 1.165) is 15.6 Å². The lowest BCUT2D eigenvalue weighted by Crippen LogP contribution is -2.18. The van der Waals surface area contributed by atoms with Crippen molar-refractivity contribution in [3.05, 3.63) is 86.8 Å². The third-order valence-electron chi connectivity index (χ3n) is 4.43. The van der Waals surface area contributed by atoms with Gasteiger partial charge >= 0.3 is 5.97 Å². The van der Waals surface area contributed by atoms with Crippen LogP contribution in [0.25, 0.3) is 11.6 Å². The number of hydrogen-bond donors (Lipinski definition) is 0. The summed E-state index contributed by atoms with van der Waals surface area (Å²) in [5.41, 5.74) is 2.99. The molecule has 3 aromatic carbocycles. The van der Waals surface area contributed by atoms with Crippen LogP contribution in [0, 0.1) is 18.3 Å². The molecule has 0 saturated carbocycles. The zero-order chi connectivity index (χ0) is 23.1. The summed E-state index contributed by atoms with van der Waals surface area (Å²) in [5.74, 6) is 0.590. The molecule has 0 fully saturated rings. The van der Waals surface area contributed by atoms with Crippen LogP contribution >= 0.6 is 27.5 Å². The fourth-order valence-corrected chi connectivity index (χ4v) is 3.58. The molecule has 0 amide bonds. The monoisotopic (exact) mass is 511 g/mol. The number of allylic oxidation sites excluding steroid dienone is 1. The third-order valence-corrected chi connectivity index (χ3v) is 5.30. The van der Waals surface area contributed by atoms with E-state index in [4.69, 9.17) is 25.8 Å². The topological polar surface area (TPSA) is 68.5 Å². The summed E-state index contributed by atoms with van der Waals surface area (Å²) < 4.78 is 17.1. The van der Waals surface area contributed by atoms with Gasteiger partial charge in [0.15, 0.2) is 18.1 Å². The van der Waals surface area contributed by atoms with Crippen molar-refractivity contribution in [3.63, 3.8) is 0 Å². The molecular formula is C25H19BrClNO4. The first-order chi connectivity index (χ1) is 15.4. The van der Waals surface area contributed by atoms with E-state index in [0.29, 0.717) is 27.7 Å². The molecule has 0 radical (unpaired) electrons. The second kappa shape index (κ2) is 10.9. The number of nitrogens with zero attached hydrogens (tertiary/aromatic N) is 1. The summed E-state index contributed by atoms with van der Waals surface area (Å²) in [6.45, 7) is 1.70. The Labute approximate surface area is 199 Å². The first-order valence-corrected chi connectivity index (χ1v) is 10.7. The highest BCUT2D eigenvalue weighted by molar-refractivity contribution is 9.10. The van der Waals surface area contributed by atoms with Crippen LogP contribution < -0.4 is 14.2 Å². The average molecular weight is 513 g/mol. The predicted octanol–water partition coefficient (Wildman–Crippen LogP) is 6.47. The van der Waals surface area contributed by atoms with Crippen molar-refractivity contribution in [2.24, 2.45) is 0 Å². The molecule has 0 spiro atoms. The van der Waals surface area contributed by atoms with Gasteiger partial charge in [0.1, 0.15) is 5.75 Å². The summed E-state index contributed by atoms with van der Waals surface area (Å²) >= 11 is 9.33. The predicted molar refractivity (Wildman–Crippen MR) is 128 cm³/mol. The number of halogens is 2. The summed E-state index contributed by atoms with van der Waals surface area (Å²) in [6, 6.07) is 19.8. The van der Waals surface area contributed by atoms with Gasteiger partial charge in [-0.3, -0.25) is 0 Å². The minimum Gasteiger partial charge on any atom is -0.493 e. The van der Waals surface area contributed by atoms with Gasteiger partial charge in [-0.05, 0) is 82.0 Å². The zero-order valence-electron chi connectivity index (χ0n) is 17.4. The maximum Gasteiger partial charge on any atom is 0.349 e. The van der Waals surface area contributed by atoms with E-state index in [1.165, 1.54) is 7.11 Å². The number of benzene rings is 3. The fourth-order valence-electron chi connectivity index (χ4n) is 2.85. The molecule has 0 N–H and O–H groups in total. The highest BCUT2D eigenvalue weighted by Gasteiger charge is 2.13. The molecule has 0 bridgehead atoms. The van der Waals surface area contributed by atoms with E-state index in [-0.39, 0.29) is 12.4 Å². The lowest BCUT2D eigenvalue weighted by atomic mass is 10.0. The van der Waals surface area contributed by atoms with Crippen molar-refractivity contribution < 1.29 is 19.0 Å². The van der Waals surface area contributed by atoms with Gasteiger partial charge in [0.05, 0.1) is 23.2 Å². The van der Waals surface area contributed by atoms with E-state index < -0.39 is 5.97 Å². The van der Waals surface area contributed by atoms with Crippen LogP contribution in [0.5, 0.6) is 17.2 Å². The second-order valence-corrected chi connectivity index (χ2v) is 8.07. The number of esters is 1. The molecule has 0 heterocycles. The van der Waals surface area contributed by atoms with E-state index in [1.54, 1.807) is 54.6 Å². The maximum atomic E-state index is 12.3. The lowest BCUT2D eigenvalue weighted by Gasteiger charge is -2.12. The van der Waals surface area contributed by atoms with Crippen LogP contribution in [0.4, 0.5) is 0 Å². The van der Waals surface area contributed by atoms with Gasteiger partial charge in [0.25, 0.3) is 0 Å². The molecule has 0 aliphatic carbocycles. The van der Waals surface area contributed by atoms with Crippen molar-refractivity contribution in [3.8, 4) is 23.3 Å². The highest BCUT2D eigenvalue weighted by Crippen LogP contribution is 2.31. The van der Waals surface area contributed by atoms with E-state index in [2.05, 4.69) is 22.0 Å². The summed E-state index contributed by atoms with van der Waals surface area (Å²) in [6.07, 6.45) is 1.72. The number of hydrogen-bond acceptors (Lipinski definition) is 5. The summed E-state index contributed by atoms with van der Waals surface area (Å²) in [7, 11) is 1.48. The molecular weight excluding hydrogens is 494 g/mol. The minimum atomic E-state index is -0.571. The van der Waals surface area contributed by atoms with Crippen LogP contribution in [0.1, 0.15) is 16.7 Å². The molecule has 3 aromatic rings. The van der Waals surface area contributed by atoms with Crippen LogP contribution in [0.2, 0.25) is 5.02 Å². The summed E-state index contributed by atoms with van der Waals surface area (Å²) in [4.78, 5) is 12.3. The molecule has 0 unspecified atom stereocenters. The maximum absolute atomic E-state index is 12.3. The van der Waals surface area contributed by atoms with Crippen molar-refractivity contribution in [2.45, 2.75) is 6.92 Å². The molecule has 0 aliphatic rings. The Hall–Kier alpha value is -3.27. The number of rotatable bonds is 7. The molecule has 162 valence electrons. The van der Waals surface area contributed by atoms with Gasteiger partial charge < -0.3 is 14.2 Å². The van der Waals surface area contributed by atoms with Crippen molar-refractivity contribution in [1.82, 2.24) is 0 Å². The standard InChI is InChI=1S/C25H19BrClNO4/c1-16-3-9-22(21(26)11-16)31-15-25(29)32-23-10-4-17(13-24(23)30-2)12-19(14-28)18-5-7-20(27)8-6-18/h3-13H,15H2,1-2H3. The average Bonchev–Trinajstić information content (AvgIpc) is 2.78. The Bertz CT molecular complexity index is 1200.